The van der Waals surface area contributed by atoms with Gasteiger partial charge in [-0.3, -0.25) is 19.5 Å². The van der Waals surface area contributed by atoms with E-state index in [4.69, 9.17) is 0 Å². The van der Waals surface area contributed by atoms with E-state index in [2.05, 4.69) is 22.5 Å². The van der Waals surface area contributed by atoms with Gasteiger partial charge >= 0.3 is 0 Å². The summed E-state index contributed by atoms with van der Waals surface area (Å²) in [4.78, 5) is 30.0. The van der Waals surface area contributed by atoms with E-state index in [0.717, 1.165) is 13.0 Å². The first-order valence-electron chi connectivity index (χ1n) is 8.58. The fraction of sp³-hybridized carbons (Fsp3) is 0.500. The van der Waals surface area contributed by atoms with E-state index in [1.807, 2.05) is 0 Å². The molecule has 6 nitrogen and oxygen atoms in total. The molecule has 0 atom stereocenters. The number of carbonyl (C=O) groups excluding carboxylic acids is 2. The van der Waals surface area contributed by atoms with Crippen LogP contribution in [0.3, 0.4) is 0 Å². The number of benzene rings is 1. The van der Waals surface area contributed by atoms with Crippen LogP contribution < -0.4 is 10.6 Å². The first-order chi connectivity index (χ1) is 11.7. The lowest BCUT2D eigenvalue weighted by Crippen LogP contribution is -2.43. The molecule has 6 heteroatoms. The third kappa shape index (κ3) is 4.34. The fourth-order valence-electron chi connectivity index (χ4n) is 2.71. The molecule has 24 heavy (non-hydrogen) atoms. The van der Waals surface area contributed by atoms with Crippen molar-refractivity contribution in [1.82, 2.24) is 15.5 Å². The van der Waals surface area contributed by atoms with Crippen molar-refractivity contribution in [1.29, 1.82) is 0 Å². The van der Waals surface area contributed by atoms with Gasteiger partial charge in [0.1, 0.15) is 0 Å². The van der Waals surface area contributed by atoms with Gasteiger partial charge in [-0.15, -0.1) is 0 Å². The summed E-state index contributed by atoms with van der Waals surface area (Å²) >= 11 is 0. The summed E-state index contributed by atoms with van der Waals surface area (Å²) in [6.45, 7) is 3.85. The molecular formula is C18H26N4O2. The molecule has 2 amide bonds. The summed E-state index contributed by atoms with van der Waals surface area (Å²) < 4.78 is 0. The van der Waals surface area contributed by atoms with Gasteiger partial charge in [-0.25, -0.2) is 0 Å². The first-order valence-corrected chi connectivity index (χ1v) is 8.58. The number of hydrogen-bond donors (Lipinski definition) is 2. The molecule has 0 spiro atoms. The second-order valence-electron chi connectivity index (χ2n) is 5.79. The number of nitrogens with one attached hydrogen (secondary N) is 2. The van der Waals surface area contributed by atoms with Gasteiger partial charge < -0.3 is 10.6 Å². The average molecular weight is 330 g/mol. The monoisotopic (exact) mass is 330 g/mol. The predicted octanol–water partition coefficient (Wildman–Crippen LogP) is 2.03. The van der Waals surface area contributed by atoms with E-state index in [9.17, 15) is 9.59 Å². The molecule has 0 saturated carbocycles. The van der Waals surface area contributed by atoms with Crippen LogP contribution in [-0.4, -0.2) is 49.4 Å². The third-order valence-corrected chi connectivity index (χ3v) is 4.05. The Hall–Kier alpha value is -2.37. The molecule has 130 valence electrons. The summed E-state index contributed by atoms with van der Waals surface area (Å²) in [7, 11) is 1.71. The van der Waals surface area contributed by atoms with Gasteiger partial charge in [0.25, 0.3) is 11.8 Å². The van der Waals surface area contributed by atoms with Crippen molar-refractivity contribution in [3.8, 4) is 0 Å². The molecule has 0 bridgehead atoms. The van der Waals surface area contributed by atoms with Crippen molar-refractivity contribution in [2.24, 2.45) is 4.99 Å². The highest BCUT2D eigenvalue weighted by atomic mass is 16.2. The number of nitrogens with zero attached hydrogens (tertiary/aromatic N) is 2. The molecule has 0 aromatic heterocycles. The van der Waals surface area contributed by atoms with Crippen molar-refractivity contribution in [2.45, 2.75) is 32.6 Å². The minimum atomic E-state index is -0.222. The topological polar surface area (TPSA) is 73.8 Å². The summed E-state index contributed by atoms with van der Waals surface area (Å²) in [5, 5.41) is 6.39. The number of amides is 2. The normalized spacial score (nSPS) is 14.1. The zero-order chi connectivity index (χ0) is 17.4. The van der Waals surface area contributed by atoms with Crippen LogP contribution >= 0.6 is 0 Å². The highest BCUT2D eigenvalue weighted by Gasteiger charge is 2.34. The molecular weight excluding hydrogens is 304 g/mol. The Kier molecular flexibility index (Phi) is 6.78. The van der Waals surface area contributed by atoms with Gasteiger partial charge in [0.05, 0.1) is 11.1 Å². The Morgan fingerprint density at radius 3 is 2.21 bits per heavy atom. The molecule has 0 radical (unpaired) electrons. The smallest absolute Gasteiger partial charge is 0.261 e. The first kappa shape index (κ1) is 18.0. The standard InChI is InChI=1S/C18H26N4O2/c1-3-4-5-8-11-20-18(19-2)21-12-13-22-16(23)14-9-6-7-10-15(14)17(22)24/h6-7,9-10H,3-5,8,11-13H2,1-2H3,(H2,19,20,21). The number of hydrogen-bond acceptors (Lipinski definition) is 3. The maximum Gasteiger partial charge on any atom is 0.261 e. The number of aliphatic imine (C=N–C) groups is 1. The summed E-state index contributed by atoms with van der Waals surface area (Å²) in [6.07, 6.45) is 4.77. The average Bonchev–Trinajstić information content (AvgIpc) is 2.85. The highest BCUT2D eigenvalue weighted by Crippen LogP contribution is 2.21. The van der Waals surface area contributed by atoms with Crippen molar-refractivity contribution in [3.63, 3.8) is 0 Å². The lowest BCUT2D eigenvalue weighted by molar-refractivity contribution is 0.0657. The van der Waals surface area contributed by atoms with Crippen LogP contribution in [0.5, 0.6) is 0 Å². The molecule has 0 aliphatic carbocycles. The van der Waals surface area contributed by atoms with Gasteiger partial charge in [-0.2, -0.15) is 0 Å². The summed E-state index contributed by atoms with van der Waals surface area (Å²) in [5.74, 6) is 0.253. The van der Waals surface area contributed by atoms with E-state index in [1.165, 1.54) is 24.2 Å². The number of rotatable bonds is 8. The molecule has 0 saturated heterocycles. The Morgan fingerprint density at radius 2 is 1.62 bits per heavy atom. The molecule has 0 fully saturated rings. The van der Waals surface area contributed by atoms with Crippen molar-refractivity contribution in [3.05, 3.63) is 35.4 Å². The van der Waals surface area contributed by atoms with Crippen molar-refractivity contribution >= 4 is 17.8 Å². The van der Waals surface area contributed by atoms with Crippen LogP contribution in [0.2, 0.25) is 0 Å². The van der Waals surface area contributed by atoms with Crippen molar-refractivity contribution < 1.29 is 9.59 Å². The quantitative estimate of drug-likeness (QED) is 0.331. The summed E-state index contributed by atoms with van der Waals surface area (Å²) in [5.41, 5.74) is 0.974. The van der Waals surface area contributed by atoms with Crippen molar-refractivity contribution in [2.75, 3.05) is 26.7 Å². The lowest BCUT2D eigenvalue weighted by atomic mass is 10.1. The number of guanidine groups is 1. The summed E-state index contributed by atoms with van der Waals surface area (Å²) in [6, 6.07) is 6.94. The van der Waals surface area contributed by atoms with Gasteiger partial charge in [0.2, 0.25) is 0 Å². The zero-order valence-electron chi connectivity index (χ0n) is 14.5. The number of carbonyl (C=O) groups is 2. The molecule has 1 heterocycles. The molecule has 0 unspecified atom stereocenters. The fourth-order valence-corrected chi connectivity index (χ4v) is 2.71. The van der Waals surface area contributed by atoms with Gasteiger partial charge in [0.15, 0.2) is 5.96 Å². The van der Waals surface area contributed by atoms with Gasteiger partial charge in [-0.05, 0) is 18.6 Å². The van der Waals surface area contributed by atoms with E-state index >= 15 is 0 Å². The number of imide groups is 1. The van der Waals surface area contributed by atoms with Gasteiger partial charge in [0, 0.05) is 26.7 Å². The Morgan fingerprint density at radius 1 is 1.00 bits per heavy atom. The lowest BCUT2D eigenvalue weighted by Gasteiger charge is -2.16. The number of fused-ring (bicyclic) bond motifs is 1. The second kappa shape index (κ2) is 9.05. The van der Waals surface area contributed by atoms with E-state index in [1.54, 1.807) is 31.3 Å². The third-order valence-electron chi connectivity index (χ3n) is 4.05. The van der Waals surface area contributed by atoms with E-state index < -0.39 is 0 Å². The van der Waals surface area contributed by atoms with Crippen LogP contribution in [0, 0.1) is 0 Å². The van der Waals surface area contributed by atoms with Crippen LogP contribution in [0.15, 0.2) is 29.3 Å². The largest absolute Gasteiger partial charge is 0.356 e. The maximum atomic E-state index is 12.3. The van der Waals surface area contributed by atoms with Crippen LogP contribution in [0.25, 0.3) is 0 Å². The van der Waals surface area contributed by atoms with Gasteiger partial charge in [-0.1, -0.05) is 38.3 Å². The zero-order valence-corrected chi connectivity index (χ0v) is 14.5. The van der Waals surface area contributed by atoms with Crippen LogP contribution in [0.1, 0.15) is 53.3 Å². The van der Waals surface area contributed by atoms with Crippen LogP contribution in [-0.2, 0) is 0 Å². The Balaban J connectivity index is 1.76. The molecule has 1 aromatic rings. The van der Waals surface area contributed by atoms with E-state index in [0.29, 0.717) is 30.2 Å². The maximum absolute atomic E-state index is 12.3. The molecule has 2 rings (SSSR count). The Bertz CT molecular complexity index is 578. The molecule has 1 aromatic carbocycles. The predicted molar refractivity (Wildman–Crippen MR) is 95.3 cm³/mol. The molecule has 1 aliphatic heterocycles. The molecule has 1 aliphatic rings. The number of unbranched alkanes of at least 4 members (excludes halogenated alkanes) is 3. The Labute approximate surface area is 143 Å². The highest BCUT2D eigenvalue weighted by molar-refractivity contribution is 6.21. The minimum Gasteiger partial charge on any atom is -0.356 e. The second-order valence-corrected chi connectivity index (χ2v) is 5.79. The van der Waals surface area contributed by atoms with Crippen LogP contribution in [0.4, 0.5) is 0 Å². The minimum absolute atomic E-state index is 0.222. The molecule has 2 N–H and O–H groups in total. The SMILES string of the molecule is CCCCCCNC(=NC)NCCN1C(=O)c2ccccc2C1=O. The van der Waals surface area contributed by atoms with E-state index in [-0.39, 0.29) is 11.8 Å².